The molecule has 0 saturated heterocycles. The lowest BCUT2D eigenvalue weighted by Gasteiger charge is -2.25. The van der Waals surface area contributed by atoms with Crippen molar-refractivity contribution in [3.8, 4) is 0 Å². The highest BCUT2D eigenvalue weighted by Gasteiger charge is 2.24. The smallest absolute Gasteiger partial charge is 0.255 e. The number of benzene rings is 2. The number of amides is 2. The number of carbonyl (C=O) groups is 2. The summed E-state index contributed by atoms with van der Waals surface area (Å²) in [6.07, 6.45) is 4.17. The van der Waals surface area contributed by atoms with Crippen molar-refractivity contribution in [2.24, 2.45) is 11.8 Å². The molecule has 0 unspecified atom stereocenters. The predicted octanol–water partition coefficient (Wildman–Crippen LogP) is 5.01. The van der Waals surface area contributed by atoms with E-state index in [-0.39, 0.29) is 17.7 Å². The summed E-state index contributed by atoms with van der Waals surface area (Å²) < 4.78 is 0. The van der Waals surface area contributed by atoms with Crippen LogP contribution in [-0.4, -0.2) is 11.8 Å². The third-order valence-electron chi connectivity index (χ3n) is 5.11. The molecule has 1 saturated carbocycles. The molecular weight excluding hydrogens is 324 g/mol. The number of anilines is 2. The summed E-state index contributed by atoms with van der Waals surface area (Å²) in [5.41, 5.74) is 3.22. The minimum Gasteiger partial charge on any atom is -0.326 e. The first-order valence-corrected chi connectivity index (χ1v) is 9.30. The average molecular weight is 350 g/mol. The first-order valence-electron chi connectivity index (χ1n) is 9.30. The van der Waals surface area contributed by atoms with Crippen molar-refractivity contribution in [1.29, 1.82) is 0 Å². The molecule has 2 amide bonds. The van der Waals surface area contributed by atoms with E-state index in [1.165, 1.54) is 0 Å². The van der Waals surface area contributed by atoms with Crippen LogP contribution in [0.15, 0.2) is 48.5 Å². The zero-order chi connectivity index (χ0) is 18.5. The fraction of sp³-hybridized carbons (Fsp3) is 0.364. The van der Waals surface area contributed by atoms with Gasteiger partial charge < -0.3 is 10.6 Å². The Morgan fingerprint density at radius 3 is 1.96 bits per heavy atom. The SMILES string of the molecule is Cc1ccc(NC(=O)c2ccc(NC(=O)C3CCC(C)CC3)cc2)cc1. The van der Waals surface area contributed by atoms with Gasteiger partial charge in [-0.15, -0.1) is 0 Å². The molecule has 0 atom stereocenters. The van der Waals surface area contributed by atoms with Gasteiger partial charge in [0.05, 0.1) is 0 Å². The van der Waals surface area contributed by atoms with Crippen LogP contribution in [0.5, 0.6) is 0 Å². The second-order valence-electron chi connectivity index (χ2n) is 7.34. The minimum atomic E-state index is -0.159. The molecule has 2 N–H and O–H groups in total. The maximum atomic E-state index is 12.4. The largest absolute Gasteiger partial charge is 0.326 e. The Morgan fingerprint density at radius 1 is 0.808 bits per heavy atom. The number of carbonyl (C=O) groups excluding carboxylic acids is 2. The number of hydrogen-bond acceptors (Lipinski definition) is 2. The van der Waals surface area contributed by atoms with E-state index in [1.807, 2.05) is 31.2 Å². The normalized spacial score (nSPS) is 19.6. The lowest BCUT2D eigenvalue weighted by molar-refractivity contribution is -0.121. The molecule has 0 heterocycles. The van der Waals surface area contributed by atoms with Crippen LogP contribution in [0, 0.1) is 18.8 Å². The standard InChI is InChI=1S/C22H26N2O2/c1-15-3-7-17(8-4-15)21(25)24-20-13-9-18(10-14-20)22(26)23-19-11-5-16(2)6-12-19/h5-6,9-15,17H,3-4,7-8H2,1-2H3,(H,23,26)(H,24,25). The van der Waals surface area contributed by atoms with Gasteiger partial charge in [-0.25, -0.2) is 0 Å². The number of hydrogen-bond donors (Lipinski definition) is 2. The Hall–Kier alpha value is -2.62. The molecule has 1 fully saturated rings. The Balaban J connectivity index is 1.56. The van der Waals surface area contributed by atoms with E-state index in [1.54, 1.807) is 24.3 Å². The van der Waals surface area contributed by atoms with Crippen LogP contribution in [0.25, 0.3) is 0 Å². The van der Waals surface area contributed by atoms with Crippen molar-refractivity contribution in [1.82, 2.24) is 0 Å². The van der Waals surface area contributed by atoms with Crippen molar-refractivity contribution >= 4 is 23.2 Å². The highest BCUT2D eigenvalue weighted by molar-refractivity contribution is 6.04. The van der Waals surface area contributed by atoms with Gasteiger partial charge in [0, 0.05) is 22.9 Å². The number of rotatable bonds is 4. The van der Waals surface area contributed by atoms with Gasteiger partial charge in [0.2, 0.25) is 5.91 Å². The molecule has 0 aliphatic heterocycles. The fourth-order valence-corrected chi connectivity index (χ4v) is 3.31. The van der Waals surface area contributed by atoms with Crippen LogP contribution >= 0.6 is 0 Å². The Bertz CT molecular complexity index is 758. The molecule has 2 aromatic carbocycles. The summed E-state index contributed by atoms with van der Waals surface area (Å²) in [5.74, 6) is 0.767. The monoisotopic (exact) mass is 350 g/mol. The van der Waals surface area contributed by atoms with E-state index in [4.69, 9.17) is 0 Å². The van der Waals surface area contributed by atoms with Crippen molar-refractivity contribution in [3.63, 3.8) is 0 Å². The lowest BCUT2D eigenvalue weighted by atomic mass is 9.82. The summed E-state index contributed by atoms with van der Waals surface area (Å²) >= 11 is 0. The van der Waals surface area contributed by atoms with E-state index in [0.29, 0.717) is 5.56 Å². The van der Waals surface area contributed by atoms with Gasteiger partial charge in [0.15, 0.2) is 0 Å². The second-order valence-corrected chi connectivity index (χ2v) is 7.34. The van der Waals surface area contributed by atoms with E-state index in [0.717, 1.165) is 48.5 Å². The molecule has 0 radical (unpaired) electrons. The molecule has 0 aromatic heterocycles. The molecule has 2 aromatic rings. The van der Waals surface area contributed by atoms with Gasteiger partial charge in [-0.2, -0.15) is 0 Å². The second kappa shape index (κ2) is 8.17. The molecule has 4 heteroatoms. The molecule has 3 rings (SSSR count). The topological polar surface area (TPSA) is 58.2 Å². The summed E-state index contributed by atoms with van der Waals surface area (Å²) in [7, 11) is 0. The van der Waals surface area contributed by atoms with Gasteiger partial charge in [0.25, 0.3) is 5.91 Å². The van der Waals surface area contributed by atoms with Crippen molar-refractivity contribution in [2.45, 2.75) is 39.5 Å². The van der Waals surface area contributed by atoms with Gasteiger partial charge in [-0.05, 0) is 74.9 Å². The Morgan fingerprint density at radius 2 is 1.35 bits per heavy atom. The van der Waals surface area contributed by atoms with Gasteiger partial charge in [0.1, 0.15) is 0 Å². The third-order valence-corrected chi connectivity index (χ3v) is 5.11. The van der Waals surface area contributed by atoms with Gasteiger partial charge in [-0.3, -0.25) is 9.59 Å². The van der Waals surface area contributed by atoms with E-state index in [2.05, 4.69) is 17.6 Å². The quantitative estimate of drug-likeness (QED) is 0.814. The fourth-order valence-electron chi connectivity index (χ4n) is 3.31. The predicted molar refractivity (Wildman–Crippen MR) is 105 cm³/mol. The number of nitrogens with one attached hydrogen (secondary N) is 2. The molecule has 136 valence electrons. The van der Waals surface area contributed by atoms with Crippen molar-refractivity contribution in [3.05, 3.63) is 59.7 Å². The molecular formula is C22H26N2O2. The molecule has 0 bridgehead atoms. The highest BCUT2D eigenvalue weighted by Crippen LogP contribution is 2.29. The average Bonchev–Trinajstić information content (AvgIpc) is 2.64. The maximum Gasteiger partial charge on any atom is 0.255 e. The zero-order valence-electron chi connectivity index (χ0n) is 15.4. The lowest BCUT2D eigenvalue weighted by Crippen LogP contribution is -2.26. The van der Waals surface area contributed by atoms with Gasteiger partial charge >= 0.3 is 0 Å². The molecule has 1 aliphatic rings. The van der Waals surface area contributed by atoms with E-state index >= 15 is 0 Å². The summed E-state index contributed by atoms with van der Waals surface area (Å²) in [5, 5.41) is 5.85. The van der Waals surface area contributed by atoms with E-state index < -0.39 is 0 Å². The highest BCUT2D eigenvalue weighted by atomic mass is 16.2. The molecule has 4 nitrogen and oxygen atoms in total. The third kappa shape index (κ3) is 4.72. The molecule has 1 aliphatic carbocycles. The summed E-state index contributed by atoms with van der Waals surface area (Å²) in [4.78, 5) is 24.7. The van der Waals surface area contributed by atoms with Crippen LogP contribution in [0.3, 0.4) is 0 Å². The zero-order valence-corrected chi connectivity index (χ0v) is 15.4. The van der Waals surface area contributed by atoms with Crippen LogP contribution in [-0.2, 0) is 4.79 Å². The minimum absolute atomic E-state index is 0.0914. The van der Waals surface area contributed by atoms with Crippen LogP contribution < -0.4 is 10.6 Å². The first-order chi connectivity index (χ1) is 12.5. The number of aryl methyl sites for hydroxylation is 1. The van der Waals surface area contributed by atoms with Crippen LogP contribution in [0.1, 0.15) is 48.5 Å². The van der Waals surface area contributed by atoms with Crippen molar-refractivity contribution < 1.29 is 9.59 Å². The van der Waals surface area contributed by atoms with Crippen LogP contribution in [0.2, 0.25) is 0 Å². The Labute approximate surface area is 155 Å². The van der Waals surface area contributed by atoms with Gasteiger partial charge in [-0.1, -0.05) is 24.6 Å². The van der Waals surface area contributed by atoms with Crippen molar-refractivity contribution in [2.75, 3.05) is 10.6 Å². The van der Waals surface area contributed by atoms with E-state index in [9.17, 15) is 9.59 Å². The summed E-state index contributed by atoms with van der Waals surface area (Å²) in [6, 6.07) is 14.7. The Kier molecular flexibility index (Phi) is 5.71. The van der Waals surface area contributed by atoms with Crippen LogP contribution in [0.4, 0.5) is 11.4 Å². The first kappa shape index (κ1) is 18.2. The molecule has 26 heavy (non-hydrogen) atoms. The summed E-state index contributed by atoms with van der Waals surface area (Å²) in [6.45, 7) is 4.25. The maximum absolute atomic E-state index is 12.4. The molecule has 0 spiro atoms.